The molecule has 0 atom stereocenters. The third kappa shape index (κ3) is 3.87. The van der Waals surface area contributed by atoms with Gasteiger partial charge in [-0.2, -0.15) is 0 Å². The Morgan fingerprint density at radius 3 is 2.52 bits per heavy atom. The van der Waals surface area contributed by atoms with E-state index in [1.165, 1.54) is 18.2 Å². The lowest BCUT2D eigenvalue weighted by Crippen LogP contribution is -2.15. The number of hydrogen-bond donors (Lipinski definition) is 2. The van der Waals surface area contributed by atoms with Crippen molar-refractivity contribution in [2.45, 2.75) is 13.0 Å². The van der Waals surface area contributed by atoms with Crippen molar-refractivity contribution >= 4 is 17.3 Å². The van der Waals surface area contributed by atoms with Gasteiger partial charge in [0.15, 0.2) is 0 Å². The number of aliphatic hydroxyl groups excluding tert-OH is 1. The highest BCUT2D eigenvalue weighted by Crippen LogP contribution is 2.23. The second-order valence-electron chi connectivity index (χ2n) is 4.47. The quantitative estimate of drug-likeness (QED) is 0.651. The lowest BCUT2D eigenvalue weighted by Gasteiger charge is -2.09. The zero-order valence-corrected chi connectivity index (χ0v) is 11.2. The molecule has 21 heavy (non-hydrogen) atoms. The van der Waals surface area contributed by atoms with Gasteiger partial charge in [0.25, 0.3) is 5.69 Å². The average Bonchev–Trinajstić information content (AvgIpc) is 2.48. The van der Waals surface area contributed by atoms with Crippen LogP contribution in [0.3, 0.4) is 0 Å². The zero-order chi connectivity index (χ0) is 15.2. The predicted octanol–water partition coefficient (Wildman–Crippen LogP) is 2.27. The van der Waals surface area contributed by atoms with E-state index in [-0.39, 0.29) is 30.3 Å². The molecule has 0 aliphatic rings. The van der Waals surface area contributed by atoms with E-state index in [0.29, 0.717) is 5.56 Å². The molecule has 0 bridgehead atoms. The maximum atomic E-state index is 12.0. The van der Waals surface area contributed by atoms with Crippen molar-refractivity contribution in [1.29, 1.82) is 0 Å². The number of benzene rings is 2. The van der Waals surface area contributed by atoms with Gasteiger partial charge in [-0.3, -0.25) is 14.9 Å². The van der Waals surface area contributed by atoms with Crippen LogP contribution in [0.5, 0.6) is 0 Å². The Bertz CT molecular complexity index is 656. The molecule has 108 valence electrons. The van der Waals surface area contributed by atoms with Crippen LogP contribution in [0.1, 0.15) is 11.1 Å². The van der Waals surface area contributed by atoms with Crippen LogP contribution in [0.25, 0.3) is 0 Å². The van der Waals surface area contributed by atoms with E-state index in [4.69, 9.17) is 0 Å². The first-order chi connectivity index (χ1) is 10.1. The Balaban J connectivity index is 2.16. The molecule has 0 heterocycles. The molecule has 0 aliphatic carbocycles. The fourth-order valence-corrected chi connectivity index (χ4v) is 1.91. The number of non-ortho nitro benzene ring substituents is 1. The van der Waals surface area contributed by atoms with E-state index >= 15 is 0 Å². The molecular weight excluding hydrogens is 272 g/mol. The van der Waals surface area contributed by atoms with Crippen LogP contribution in [0.2, 0.25) is 0 Å². The summed E-state index contributed by atoms with van der Waals surface area (Å²) >= 11 is 0. The third-order valence-electron chi connectivity index (χ3n) is 2.96. The SMILES string of the molecule is O=C(Cc1ccccc1)Nc1cc([N+](=O)[O-])ccc1CO. The van der Waals surface area contributed by atoms with E-state index in [1.54, 1.807) is 0 Å². The number of carbonyl (C=O) groups excluding carboxylic acids is 1. The van der Waals surface area contributed by atoms with Gasteiger partial charge in [-0.15, -0.1) is 0 Å². The Labute approximate surface area is 121 Å². The lowest BCUT2D eigenvalue weighted by atomic mass is 10.1. The van der Waals surface area contributed by atoms with Crippen LogP contribution in [-0.4, -0.2) is 15.9 Å². The van der Waals surface area contributed by atoms with Crippen LogP contribution in [0.4, 0.5) is 11.4 Å². The number of carbonyl (C=O) groups is 1. The average molecular weight is 286 g/mol. The topological polar surface area (TPSA) is 92.5 Å². The van der Waals surface area contributed by atoms with Crippen molar-refractivity contribution in [2.75, 3.05) is 5.32 Å². The zero-order valence-electron chi connectivity index (χ0n) is 11.2. The lowest BCUT2D eigenvalue weighted by molar-refractivity contribution is -0.384. The molecule has 2 aromatic rings. The van der Waals surface area contributed by atoms with Gasteiger partial charge in [0.1, 0.15) is 0 Å². The summed E-state index contributed by atoms with van der Waals surface area (Å²) in [6.45, 7) is -0.307. The van der Waals surface area contributed by atoms with E-state index in [0.717, 1.165) is 5.56 Å². The summed E-state index contributed by atoms with van der Waals surface area (Å²) in [5, 5.41) is 22.6. The normalized spacial score (nSPS) is 10.1. The molecule has 0 aromatic heterocycles. The second kappa shape index (κ2) is 6.62. The van der Waals surface area contributed by atoms with Gasteiger partial charge in [-0.1, -0.05) is 30.3 Å². The van der Waals surface area contributed by atoms with Crippen LogP contribution >= 0.6 is 0 Å². The summed E-state index contributed by atoms with van der Waals surface area (Å²) in [4.78, 5) is 22.2. The van der Waals surface area contributed by atoms with Gasteiger partial charge in [0.05, 0.1) is 23.6 Å². The summed E-state index contributed by atoms with van der Waals surface area (Å²) in [5.74, 6) is -0.295. The van der Waals surface area contributed by atoms with Gasteiger partial charge < -0.3 is 10.4 Å². The van der Waals surface area contributed by atoms with Crippen molar-refractivity contribution in [3.63, 3.8) is 0 Å². The Morgan fingerprint density at radius 2 is 1.90 bits per heavy atom. The number of aliphatic hydroxyl groups is 1. The number of amides is 1. The number of hydrogen-bond acceptors (Lipinski definition) is 4. The third-order valence-corrected chi connectivity index (χ3v) is 2.96. The van der Waals surface area contributed by atoms with Crippen LogP contribution < -0.4 is 5.32 Å². The van der Waals surface area contributed by atoms with Crippen molar-refractivity contribution < 1.29 is 14.8 Å². The molecule has 0 aliphatic heterocycles. The first-order valence-electron chi connectivity index (χ1n) is 6.32. The molecule has 1 amide bonds. The number of rotatable bonds is 5. The number of nitrogens with zero attached hydrogens (tertiary/aromatic N) is 1. The fraction of sp³-hybridized carbons (Fsp3) is 0.133. The van der Waals surface area contributed by atoms with Gasteiger partial charge in [-0.05, 0) is 11.6 Å². The Kier molecular flexibility index (Phi) is 4.63. The summed E-state index contributed by atoms with van der Waals surface area (Å²) in [5.41, 5.74) is 1.39. The summed E-state index contributed by atoms with van der Waals surface area (Å²) in [7, 11) is 0. The second-order valence-corrected chi connectivity index (χ2v) is 4.47. The van der Waals surface area contributed by atoms with Gasteiger partial charge in [0.2, 0.25) is 5.91 Å². The van der Waals surface area contributed by atoms with Crippen molar-refractivity contribution in [2.24, 2.45) is 0 Å². The van der Waals surface area contributed by atoms with Crippen LogP contribution in [0, 0.1) is 10.1 Å². The fourth-order valence-electron chi connectivity index (χ4n) is 1.91. The van der Waals surface area contributed by atoms with E-state index in [1.807, 2.05) is 30.3 Å². The predicted molar refractivity (Wildman–Crippen MR) is 77.8 cm³/mol. The highest BCUT2D eigenvalue weighted by Gasteiger charge is 2.13. The Morgan fingerprint density at radius 1 is 1.19 bits per heavy atom. The largest absolute Gasteiger partial charge is 0.392 e. The Hall–Kier alpha value is -2.73. The summed E-state index contributed by atoms with van der Waals surface area (Å²) < 4.78 is 0. The van der Waals surface area contributed by atoms with Gasteiger partial charge in [0, 0.05) is 17.7 Å². The molecule has 2 rings (SSSR count). The first kappa shape index (κ1) is 14.7. The molecule has 0 fully saturated rings. The smallest absolute Gasteiger partial charge is 0.271 e. The maximum absolute atomic E-state index is 12.0. The molecule has 0 saturated carbocycles. The van der Waals surface area contributed by atoms with Gasteiger partial charge in [-0.25, -0.2) is 0 Å². The van der Waals surface area contributed by atoms with E-state index in [2.05, 4.69) is 5.32 Å². The van der Waals surface area contributed by atoms with Crippen molar-refractivity contribution in [3.8, 4) is 0 Å². The number of nitro groups is 1. The molecule has 2 N–H and O–H groups in total. The van der Waals surface area contributed by atoms with Gasteiger partial charge >= 0.3 is 0 Å². The standard InChI is InChI=1S/C15H14N2O4/c18-10-12-6-7-13(17(20)21)9-14(12)16-15(19)8-11-4-2-1-3-5-11/h1-7,9,18H,8,10H2,(H,16,19). The van der Waals surface area contributed by atoms with Crippen LogP contribution in [0.15, 0.2) is 48.5 Å². The molecule has 6 heteroatoms. The summed E-state index contributed by atoms with van der Waals surface area (Å²) in [6, 6.07) is 13.1. The minimum atomic E-state index is -0.548. The number of anilines is 1. The molecule has 0 saturated heterocycles. The van der Waals surface area contributed by atoms with E-state index in [9.17, 15) is 20.0 Å². The minimum Gasteiger partial charge on any atom is -0.392 e. The highest BCUT2D eigenvalue weighted by atomic mass is 16.6. The van der Waals surface area contributed by atoms with E-state index < -0.39 is 4.92 Å². The molecule has 6 nitrogen and oxygen atoms in total. The first-order valence-corrected chi connectivity index (χ1v) is 6.32. The highest BCUT2D eigenvalue weighted by molar-refractivity contribution is 5.93. The number of nitrogens with one attached hydrogen (secondary N) is 1. The summed E-state index contributed by atoms with van der Waals surface area (Å²) in [6.07, 6.45) is 0.161. The molecule has 0 radical (unpaired) electrons. The molecule has 0 spiro atoms. The maximum Gasteiger partial charge on any atom is 0.271 e. The molecule has 0 unspecified atom stereocenters. The number of nitro benzene ring substituents is 1. The monoisotopic (exact) mass is 286 g/mol. The minimum absolute atomic E-state index is 0.137. The molecular formula is C15H14N2O4. The van der Waals surface area contributed by atoms with Crippen molar-refractivity contribution in [3.05, 3.63) is 69.8 Å². The van der Waals surface area contributed by atoms with Crippen molar-refractivity contribution in [1.82, 2.24) is 0 Å². The van der Waals surface area contributed by atoms with Crippen LogP contribution in [-0.2, 0) is 17.8 Å². The molecule has 2 aromatic carbocycles.